The molecule has 0 bridgehead atoms. The number of likely N-dealkylation sites (tertiary alicyclic amines) is 1. The van der Waals surface area contributed by atoms with Crippen molar-refractivity contribution in [2.75, 3.05) is 13.2 Å². The Morgan fingerprint density at radius 3 is 3.17 bits per heavy atom. The Kier molecular flexibility index (Phi) is 4.49. The van der Waals surface area contributed by atoms with Crippen LogP contribution >= 0.6 is 11.3 Å². The summed E-state index contributed by atoms with van der Waals surface area (Å²) in [4.78, 5) is 19.9. The molecular formula is C18H20N2O3S. The third kappa shape index (κ3) is 3.16. The van der Waals surface area contributed by atoms with Crippen molar-refractivity contribution in [3.05, 3.63) is 46.9 Å². The number of carbonyl (C=O) groups is 1. The normalized spacial score (nSPS) is 26.2. The molecule has 6 heteroatoms. The summed E-state index contributed by atoms with van der Waals surface area (Å²) in [5.74, 6) is 0.887. The Morgan fingerprint density at radius 2 is 2.38 bits per heavy atom. The average Bonchev–Trinajstić information content (AvgIpc) is 3.24. The maximum atomic E-state index is 12.8. The van der Waals surface area contributed by atoms with Crippen LogP contribution in [-0.4, -0.2) is 47.2 Å². The van der Waals surface area contributed by atoms with E-state index in [0.717, 1.165) is 30.1 Å². The Morgan fingerprint density at radius 1 is 1.42 bits per heavy atom. The van der Waals surface area contributed by atoms with E-state index in [2.05, 4.69) is 4.98 Å². The van der Waals surface area contributed by atoms with E-state index in [1.807, 2.05) is 34.5 Å². The molecule has 0 aromatic carbocycles. The first-order chi connectivity index (χ1) is 11.8. The number of nitrogens with zero attached hydrogens (tertiary/aromatic N) is 2. The smallest absolute Gasteiger partial charge is 0.228 e. The van der Waals surface area contributed by atoms with Crippen LogP contribution in [0.3, 0.4) is 0 Å². The Bertz CT molecular complexity index is 677. The van der Waals surface area contributed by atoms with Gasteiger partial charge >= 0.3 is 0 Å². The quantitative estimate of drug-likeness (QED) is 0.855. The lowest BCUT2D eigenvalue weighted by Crippen LogP contribution is -2.44. The van der Waals surface area contributed by atoms with Gasteiger partial charge in [-0.05, 0) is 36.4 Å². The monoisotopic (exact) mass is 344 g/mol. The molecule has 4 heterocycles. The van der Waals surface area contributed by atoms with Gasteiger partial charge in [0, 0.05) is 17.7 Å². The molecule has 0 unspecified atom stereocenters. The summed E-state index contributed by atoms with van der Waals surface area (Å²) in [5.41, 5.74) is 0. The van der Waals surface area contributed by atoms with E-state index in [9.17, 15) is 4.79 Å². The lowest BCUT2D eigenvalue weighted by atomic mass is 10.0. The van der Waals surface area contributed by atoms with Gasteiger partial charge in [0.15, 0.2) is 0 Å². The van der Waals surface area contributed by atoms with Gasteiger partial charge in [0.25, 0.3) is 0 Å². The number of pyridine rings is 1. The molecule has 4 rings (SSSR count). The first-order valence-corrected chi connectivity index (χ1v) is 9.19. The van der Waals surface area contributed by atoms with Gasteiger partial charge < -0.3 is 14.4 Å². The number of aromatic nitrogens is 1. The number of hydrogen-bond donors (Lipinski definition) is 0. The van der Waals surface area contributed by atoms with Crippen LogP contribution in [0.25, 0.3) is 0 Å². The summed E-state index contributed by atoms with van der Waals surface area (Å²) in [6.07, 6.45) is 5.67. The molecule has 2 aliphatic heterocycles. The standard InChI is InChI=1S/C18H20N2O3S/c21-17(10-14-5-3-9-24-14)20-12-16(18-15(20)6-2-8-22-18)23-13-4-1-7-19-11-13/h1,3-5,7,9,11,15-16,18H,2,6,8,10,12H2/t15-,16-,18+/m1/s1. The molecule has 2 saturated heterocycles. The minimum atomic E-state index is -0.133. The van der Waals surface area contributed by atoms with Gasteiger partial charge in [0.2, 0.25) is 5.91 Å². The Hall–Kier alpha value is -1.92. The van der Waals surface area contributed by atoms with Crippen molar-refractivity contribution in [2.24, 2.45) is 0 Å². The fourth-order valence-electron chi connectivity index (χ4n) is 3.56. The fourth-order valence-corrected chi connectivity index (χ4v) is 4.25. The number of ether oxygens (including phenoxy) is 2. The fraction of sp³-hybridized carbons (Fsp3) is 0.444. The molecule has 0 spiro atoms. The van der Waals surface area contributed by atoms with Crippen LogP contribution in [0.1, 0.15) is 17.7 Å². The summed E-state index contributed by atoms with van der Waals surface area (Å²) < 4.78 is 12.0. The molecule has 0 saturated carbocycles. The van der Waals surface area contributed by atoms with Crippen LogP contribution in [0.5, 0.6) is 5.75 Å². The summed E-state index contributed by atoms with van der Waals surface area (Å²) in [6, 6.07) is 7.85. The number of hydrogen-bond acceptors (Lipinski definition) is 5. The van der Waals surface area contributed by atoms with E-state index >= 15 is 0 Å². The lowest BCUT2D eigenvalue weighted by molar-refractivity contribution is -0.133. The van der Waals surface area contributed by atoms with Gasteiger partial charge in [-0.25, -0.2) is 0 Å². The third-order valence-electron chi connectivity index (χ3n) is 4.62. The van der Waals surface area contributed by atoms with E-state index in [-0.39, 0.29) is 24.2 Å². The topological polar surface area (TPSA) is 51.7 Å². The number of carbonyl (C=O) groups excluding carboxylic acids is 1. The van der Waals surface area contributed by atoms with E-state index in [4.69, 9.17) is 9.47 Å². The lowest BCUT2D eigenvalue weighted by Gasteiger charge is -2.32. The second-order valence-corrected chi connectivity index (χ2v) is 7.22. The zero-order chi connectivity index (χ0) is 16.4. The molecule has 24 heavy (non-hydrogen) atoms. The minimum Gasteiger partial charge on any atom is -0.484 e. The molecule has 2 fully saturated rings. The predicted octanol–water partition coefficient (Wildman–Crippen LogP) is 2.52. The molecule has 5 nitrogen and oxygen atoms in total. The van der Waals surface area contributed by atoms with Crippen molar-refractivity contribution < 1.29 is 14.3 Å². The van der Waals surface area contributed by atoms with Gasteiger partial charge in [-0.1, -0.05) is 6.07 Å². The maximum Gasteiger partial charge on any atom is 0.228 e. The molecule has 126 valence electrons. The molecule has 0 N–H and O–H groups in total. The average molecular weight is 344 g/mol. The second-order valence-electron chi connectivity index (χ2n) is 6.19. The zero-order valence-corrected chi connectivity index (χ0v) is 14.2. The van der Waals surface area contributed by atoms with Crippen molar-refractivity contribution in [1.82, 2.24) is 9.88 Å². The highest BCUT2D eigenvalue weighted by atomic mass is 32.1. The van der Waals surface area contributed by atoms with Crippen LogP contribution in [0.2, 0.25) is 0 Å². The highest BCUT2D eigenvalue weighted by molar-refractivity contribution is 7.10. The van der Waals surface area contributed by atoms with Crippen molar-refractivity contribution in [1.29, 1.82) is 0 Å². The molecule has 2 aliphatic rings. The predicted molar refractivity (Wildman–Crippen MR) is 91.2 cm³/mol. The summed E-state index contributed by atoms with van der Waals surface area (Å²) in [6.45, 7) is 1.31. The molecule has 1 amide bonds. The largest absolute Gasteiger partial charge is 0.484 e. The van der Waals surface area contributed by atoms with Crippen LogP contribution in [-0.2, 0) is 16.0 Å². The molecule has 2 aromatic heterocycles. The molecular weight excluding hydrogens is 324 g/mol. The van der Waals surface area contributed by atoms with Gasteiger partial charge in [0.1, 0.15) is 18.0 Å². The van der Waals surface area contributed by atoms with Crippen LogP contribution in [0.4, 0.5) is 0 Å². The zero-order valence-electron chi connectivity index (χ0n) is 13.3. The van der Waals surface area contributed by atoms with Gasteiger partial charge in [-0.15, -0.1) is 11.3 Å². The first kappa shape index (κ1) is 15.6. The number of fused-ring (bicyclic) bond motifs is 1. The summed E-state index contributed by atoms with van der Waals surface area (Å²) >= 11 is 1.62. The number of amides is 1. The SMILES string of the molecule is O=C(Cc1cccs1)N1C[C@@H](Oc2cccnc2)[C@H]2OCCC[C@H]21. The Balaban J connectivity index is 1.49. The highest BCUT2D eigenvalue weighted by Gasteiger charge is 2.47. The van der Waals surface area contributed by atoms with Crippen LogP contribution in [0.15, 0.2) is 42.0 Å². The molecule has 2 aromatic rings. The second kappa shape index (κ2) is 6.91. The van der Waals surface area contributed by atoms with E-state index in [0.29, 0.717) is 13.0 Å². The van der Waals surface area contributed by atoms with E-state index in [1.165, 1.54) is 0 Å². The van der Waals surface area contributed by atoms with Crippen molar-refractivity contribution in [2.45, 2.75) is 37.5 Å². The van der Waals surface area contributed by atoms with E-state index in [1.54, 1.807) is 23.7 Å². The Labute approximate surface area is 145 Å². The van der Waals surface area contributed by atoms with Crippen molar-refractivity contribution in [3.63, 3.8) is 0 Å². The first-order valence-electron chi connectivity index (χ1n) is 8.31. The van der Waals surface area contributed by atoms with Gasteiger partial charge in [-0.3, -0.25) is 9.78 Å². The maximum absolute atomic E-state index is 12.8. The van der Waals surface area contributed by atoms with E-state index < -0.39 is 0 Å². The third-order valence-corrected chi connectivity index (χ3v) is 5.50. The molecule has 0 aliphatic carbocycles. The molecule has 0 radical (unpaired) electrons. The van der Waals surface area contributed by atoms with Gasteiger partial charge in [0.05, 0.1) is 25.2 Å². The van der Waals surface area contributed by atoms with Crippen molar-refractivity contribution in [3.8, 4) is 5.75 Å². The highest BCUT2D eigenvalue weighted by Crippen LogP contribution is 2.32. The summed E-state index contributed by atoms with van der Waals surface area (Å²) in [5, 5.41) is 2.01. The van der Waals surface area contributed by atoms with Crippen molar-refractivity contribution >= 4 is 17.2 Å². The number of rotatable bonds is 4. The van der Waals surface area contributed by atoms with Crippen LogP contribution < -0.4 is 4.74 Å². The van der Waals surface area contributed by atoms with Gasteiger partial charge in [-0.2, -0.15) is 0 Å². The summed E-state index contributed by atoms with van der Waals surface area (Å²) in [7, 11) is 0. The van der Waals surface area contributed by atoms with Crippen LogP contribution in [0, 0.1) is 0 Å². The molecule has 3 atom stereocenters. The minimum absolute atomic E-state index is 0.0498. The number of thiophene rings is 1.